The molecule has 5 aliphatic heterocycles. The zero-order chi connectivity index (χ0) is 65.8. The average Bonchev–Trinajstić information content (AvgIpc) is 1.72. The van der Waals surface area contributed by atoms with Crippen LogP contribution in [0.25, 0.3) is 92.0 Å². The van der Waals surface area contributed by atoms with Crippen molar-refractivity contribution in [3.05, 3.63) is 103 Å². The molecule has 3 N–H and O–H groups in total. The van der Waals surface area contributed by atoms with E-state index in [0.29, 0.717) is 42.3 Å². The molecule has 0 spiro atoms. The fraction of sp³-hybridized carbons (Fsp3) is 0.472. The van der Waals surface area contributed by atoms with Gasteiger partial charge in [-0.25, -0.2) is 24.9 Å². The summed E-state index contributed by atoms with van der Waals surface area (Å²) in [5, 5.41) is 25.8. The highest BCUT2D eigenvalue weighted by molar-refractivity contribution is 7.22. The zero-order valence-corrected chi connectivity index (χ0v) is 59.3. The molecule has 0 aliphatic carbocycles. The van der Waals surface area contributed by atoms with Crippen LogP contribution in [-0.2, 0) is 14.1 Å². The molecule has 23 heteroatoms. The molecule has 5 aliphatic rings. The second kappa shape index (κ2) is 25.0. The van der Waals surface area contributed by atoms with Crippen LogP contribution in [-0.4, -0.2) is 145 Å². The first kappa shape index (κ1) is 63.3. The van der Waals surface area contributed by atoms with E-state index in [9.17, 15) is 0 Å². The molecule has 10 aromatic heterocycles. The topological polar surface area (TPSA) is 198 Å². The highest BCUT2D eigenvalue weighted by atomic mass is 32.1. The minimum absolute atomic E-state index is 0.0904. The highest BCUT2D eigenvalue weighted by Crippen LogP contribution is 2.41. The number of pyridine rings is 2. The first-order chi connectivity index (χ1) is 45.6. The Balaban J connectivity index is 0.000000117. The lowest BCUT2D eigenvalue weighted by atomic mass is 9.79. The van der Waals surface area contributed by atoms with Gasteiger partial charge in [0.05, 0.1) is 68.9 Å². The van der Waals surface area contributed by atoms with Crippen molar-refractivity contribution >= 4 is 108 Å². The molecule has 12 aromatic rings. The molecule has 494 valence electrons. The van der Waals surface area contributed by atoms with Gasteiger partial charge in [0.15, 0.2) is 21.2 Å². The number of anilines is 3. The number of benzene rings is 2. The number of rotatable bonds is 10. The molecule has 4 atom stereocenters. The molecule has 2 aromatic carbocycles. The first-order valence-corrected chi connectivity index (χ1v) is 36.1. The van der Waals surface area contributed by atoms with Gasteiger partial charge in [0.2, 0.25) is 0 Å². The van der Waals surface area contributed by atoms with E-state index >= 15 is 0 Å². The van der Waals surface area contributed by atoms with Crippen molar-refractivity contribution in [2.75, 3.05) is 43.0 Å². The number of aryl methyl sites for hydroxylation is 5. The van der Waals surface area contributed by atoms with Crippen LogP contribution in [0.5, 0.6) is 5.75 Å². The van der Waals surface area contributed by atoms with Gasteiger partial charge in [-0.2, -0.15) is 10.2 Å². The molecular formula is C72H87N19OS3. The minimum Gasteiger partial charge on any atom is -0.494 e. The van der Waals surface area contributed by atoms with E-state index in [1.807, 2.05) is 74.4 Å². The number of piperidine rings is 5. The fourth-order valence-electron chi connectivity index (χ4n) is 16.0. The maximum atomic E-state index is 5.60. The standard InChI is InChI=1S/C24H31N7S.C24H28N6OS.C24H28N6S/c1-14-12-31-13-16(8-19(31)15(2)26-14)20-25-11-18-21(28-20)32-22(27-18)30(7)17-9-23(3,4)29-24(5,6)10-17;1-29-13-15-7-14(8-21(31-3)23(15)28-29)19-11-22-20(12-25-19)27-24(32-22)30(2)18-9-16-5-4-6-17(10-18)26-16;1-14-7-15(8-16-13-29(2)28-23(14)16)20-11-22-21(12-25-20)27-24(31-22)30(3)19-9-17-5-4-6-18(10-19)26-17/h8,11-13,17,29H,9-10H2,1-7H3;7-8,11-13,16-18,26H,4-6,9-10H2,1-3H3;7-8,11-13,17-19,26H,4-6,9-10H2,1-3H3. The highest BCUT2D eigenvalue weighted by Gasteiger charge is 2.40. The Hall–Kier alpha value is -7.80. The Labute approximate surface area is 567 Å². The number of hydrogen-bond acceptors (Lipinski definition) is 20. The van der Waals surface area contributed by atoms with Gasteiger partial charge in [-0.3, -0.25) is 24.3 Å². The van der Waals surface area contributed by atoms with Crippen molar-refractivity contribution in [2.24, 2.45) is 14.1 Å². The van der Waals surface area contributed by atoms with Crippen molar-refractivity contribution in [1.29, 1.82) is 0 Å². The van der Waals surface area contributed by atoms with Gasteiger partial charge < -0.3 is 39.8 Å². The van der Waals surface area contributed by atoms with Crippen LogP contribution >= 0.6 is 34.0 Å². The predicted octanol–water partition coefficient (Wildman–Crippen LogP) is 13.8. The van der Waals surface area contributed by atoms with Gasteiger partial charge in [0.25, 0.3) is 0 Å². The molecule has 95 heavy (non-hydrogen) atoms. The summed E-state index contributed by atoms with van der Waals surface area (Å²) in [7, 11) is 12.2. The summed E-state index contributed by atoms with van der Waals surface area (Å²) in [4.78, 5) is 46.4. The van der Waals surface area contributed by atoms with E-state index in [2.05, 4.69) is 160 Å². The third-order valence-electron chi connectivity index (χ3n) is 20.3. The SMILES string of the molecule is COc1cc(-c2cc3sc(N(C)C4CC5CCCC(C4)N5)nc3cn2)cc2cn(C)nc12.Cc1cc(-c2cc3sc(N(C)C4CC5CCCC(C4)N5)nc3cn2)cc2cn(C)nc12.Cc1cn2cc(-c3ncc4nc(N(C)C5CC(C)(C)NC(C)(C)C5)sc4n3)cc2c(C)n1. The monoisotopic (exact) mass is 1330 g/mol. The third-order valence-corrected chi connectivity index (χ3v) is 23.6. The van der Waals surface area contributed by atoms with E-state index in [-0.39, 0.29) is 11.1 Å². The zero-order valence-electron chi connectivity index (χ0n) is 56.9. The average molecular weight is 1330 g/mol. The summed E-state index contributed by atoms with van der Waals surface area (Å²) in [5.74, 6) is 1.49. The van der Waals surface area contributed by atoms with E-state index in [1.165, 1.54) is 74.5 Å². The summed E-state index contributed by atoms with van der Waals surface area (Å²) >= 11 is 5.19. The Morgan fingerprint density at radius 3 is 1.61 bits per heavy atom. The van der Waals surface area contributed by atoms with Crippen LogP contribution in [0, 0.1) is 20.8 Å². The molecule has 0 saturated carbocycles. The summed E-state index contributed by atoms with van der Waals surface area (Å²) in [6.45, 7) is 15.3. The van der Waals surface area contributed by atoms with Gasteiger partial charge in [-0.1, -0.05) is 46.9 Å². The van der Waals surface area contributed by atoms with Crippen molar-refractivity contribution < 1.29 is 4.74 Å². The van der Waals surface area contributed by atoms with Crippen LogP contribution in [0.3, 0.4) is 0 Å². The molecule has 5 fully saturated rings. The molecule has 4 bridgehead atoms. The largest absolute Gasteiger partial charge is 0.494 e. The number of thiazole rings is 3. The smallest absolute Gasteiger partial charge is 0.187 e. The van der Waals surface area contributed by atoms with Crippen LogP contribution in [0.2, 0.25) is 0 Å². The summed E-state index contributed by atoms with van der Waals surface area (Å²) < 4.78 is 13.8. The number of methoxy groups -OCH3 is 1. The lowest BCUT2D eigenvalue weighted by Gasteiger charge is -2.48. The fourth-order valence-corrected chi connectivity index (χ4v) is 19.0. The Bertz CT molecular complexity index is 4800. The van der Waals surface area contributed by atoms with Gasteiger partial charge in [0.1, 0.15) is 32.6 Å². The molecule has 0 radical (unpaired) electrons. The summed E-state index contributed by atoms with van der Waals surface area (Å²) in [5.41, 5.74) is 14.2. The quantitative estimate of drug-likeness (QED) is 0.117. The third kappa shape index (κ3) is 13.0. The molecule has 0 amide bonds. The van der Waals surface area contributed by atoms with Gasteiger partial charge in [-0.15, -0.1) is 0 Å². The number of ether oxygens (including phenoxy) is 1. The Kier molecular flexibility index (Phi) is 16.7. The predicted molar refractivity (Wildman–Crippen MR) is 389 cm³/mol. The maximum absolute atomic E-state index is 5.60. The summed E-state index contributed by atoms with van der Waals surface area (Å²) in [6.07, 6.45) is 28.8. The number of nitrogens with zero attached hydrogens (tertiary/aromatic N) is 16. The Morgan fingerprint density at radius 1 is 0.537 bits per heavy atom. The van der Waals surface area contributed by atoms with Gasteiger partial charge >= 0.3 is 0 Å². The van der Waals surface area contributed by atoms with Crippen LogP contribution < -0.4 is 35.4 Å². The molecule has 4 unspecified atom stereocenters. The second-order valence-electron chi connectivity index (χ2n) is 28.9. The molecule has 5 saturated heterocycles. The van der Waals surface area contributed by atoms with Crippen molar-refractivity contribution in [3.8, 4) is 39.7 Å². The molecule has 17 rings (SSSR count). The molecular weight excluding hydrogens is 1240 g/mol. The normalized spacial score (nSPS) is 21.7. The van der Waals surface area contributed by atoms with Crippen molar-refractivity contribution in [1.82, 2.24) is 79.8 Å². The van der Waals surface area contributed by atoms with E-state index in [4.69, 9.17) is 34.6 Å². The number of hydrogen-bond donors (Lipinski definition) is 3. The molecule has 20 nitrogen and oxygen atoms in total. The maximum Gasteiger partial charge on any atom is 0.187 e. The van der Waals surface area contributed by atoms with Crippen LogP contribution in [0.15, 0.2) is 85.8 Å². The number of aromatic nitrogens is 13. The molecule has 15 heterocycles. The summed E-state index contributed by atoms with van der Waals surface area (Å²) in [6, 6.07) is 19.2. The first-order valence-electron chi connectivity index (χ1n) is 33.7. The van der Waals surface area contributed by atoms with Crippen LogP contribution in [0.1, 0.15) is 122 Å². The second-order valence-corrected chi connectivity index (χ2v) is 31.9. The van der Waals surface area contributed by atoms with E-state index < -0.39 is 0 Å². The number of fused-ring (bicyclic) bond motifs is 10. The van der Waals surface area contributed by atoms with Gasteiger partial charge in [0, 0.05) is 141 Å². The van der Waals surface area contributed by atoms with Gasteiger partial charge in [-0.05, 0) is 161 Å². The van der Waals surface area contributed by atoms with E-state index in [1.54, 1.807) is 41.1 Å². The van der Waals surface area contributed by atoms with E-state index in [0.717, 1.165) is 133 Å². The Morgan fingerprint density at radius 2 is 1.04 bits per heavy atom. The minimum atomic E-state index is 0.0904. The van der Waals surface area contributed by atoms with Crippen molar-refractivity contribution in [3.63, 3.8) is 0 Å². The lowest BCUT2D eigenvalue weighted by molar-refractivity contribution is 0.161. The number of nitrogens with one attached hydrogen (secondary N) is 3. The van der Waals surface area contributed by atoms with Crippen molar-refractivity contribution in [2.45, 2.75) is 179 Å². The lowest BCUT2D eigenvalue weighted by Crippen LogP contribution is -2.61. The van der Waals surface area contributed by atoms with Crippen LogP contribution in [0.4, 0.5) is 15.4 Å².